The molecule has 0 aliphatic rings. The minimum atomic E-state index is -1.06. The Morgan fingerprint density at radius 3 is 2.54 bits per heavy atom. The van der Waals surface area contributed by atoms with Crippen LogP contribution in [0.5, 0.6) is 0 Å². The van der Waals surface area contributed by atoms with Crippen LogP contribution >= 0.6 is 11.6 Å². The zero-order chi connectivity index (χ0) is 26.8. The van der Waals surface area contributed by atoms with Crippen molar-refractivity contribution < 1.29 is 19.5 Å². The first-order valence-corrected chi connectivity index (χ1v) is 11.9. The quantitative estimate of drug-likeness (QED) is 0.242. The first-order chi connectivity index (χ1) is 17.7. The second-order valence-electron chi connectivity index (χ2n) is 8.52. The molecule has 1 heterocycles. The summed E-state index contributed by atoms with van der Waals surface area (Å²) < 4.78 is 1.45. The lowest BCUT2D eigenvalue weighted by atomic mass is 10.1. The van der Waals surface area contributed by atoms with E-state index >= 15 is 0 Å². The number of aromatic nitrogens is 4. The van der Waals surface area contributed by atoms with Gasteiger partial charge >= 0.3 is 5.97 Å². The Morgan fingerprint density at radius 2 is 1.89 bits per heavy atom. The fourth-order valence-electron chi connectivity index (χ4n) is 3.50. The van der Waals surface area contributed by atoms with Gasteiger partial charge in [-0.3, -0.25) is 9.59 Å². The highest BCUT2D eigenvalue weighted by molar-refractivity contribution is 6.30. The fourth-order valence-corrected chi connectivity index (χ4v) is 3.68. The summed E-state index contributed by atoms with van der Waals surface area (Å²) in [6, 6.07) is 10.1. The number of anilines is 1. The predicted octanol–water partition coefficient (Wildman–Crippen LogP) is 2.88. The van der Waals surface area contributed by atoms with Gasteiger partial charge in [-0.1, -0.05) is 11.6 Å². The Bertz CT molecular complexity index is 1240. The average Bonchev–Trinajstić information content (AvgIpc) is 3.39. The number of halogens is 1. The molecule has 0 fully saturated rings. The van der Waals surface area contributed by atoms with Gasteiger partial charge in [0, 0.05) is 22.3 Å². The molecular weight excluding hydrogens is 498 g/mol. The van der Waals surface area contributed by atoms with Crippen LogP contribution in [-0.4, -0.2) is 74.7 Å². The van der Waals surface area contributed by atoms with E-state index in [1.807, 2.05) is 19.0 Å². The maximum absolute atomic E-state index is 13.0. The van der Waals surface area contributed by atoms with Crippen molar-refractivity contribution in [2.24, 2.45) is 0 Å². The van der Waals surface area contributed by atoms with E-state index in [9.17, 15) is 14.4 Å². The van der Waals surface area contributed by atoms with Crippen molar-refractivity contribution in [2.45, 2.75) is 25.3 Å². The molecule has 0 aliphatic heterocycles. The third kappa shape index (κ3) is 8.51. The molecule has 0 bridgehead atoms. The van der Waals surface area contributed by atoms with Crippen LogP contribution in [0, 0.1) is 0 Å². The number of carboxylic acid groups (broad SMARTS) is 1. The molecule has 0 aliphatic carbocycles. The summed E-state index contributed by atoms with van der Waals surface area (Å²) in [4.78, 5) is 38.9. The second-order valence-corrected chi connectivity index (χ2v) is 8.96. The smallest absolute Gasteiger partial charge is 0.335 e. The van der Waals surface area contributed by atoms with E-state index in [-0.39, 0.29) is 5.56 Å². The molecular formula is C25H28ClN7O4. The Hall–Kier alpha value is -4.09. The summed E-state index contributed by atoms with van der Waals surface area (Å²) in [5, 5.41) is 26.2. The zero-order valence-corrected chi connectivity index (χ0v) is 21.2. The largest absolute Gasteiger partial charge is 0.478 e. The van der Waals surface area contributed by atoms with Crippen LogP contribution in [0.4, 0.5) is 5.69 Å². The van der Waals surface area contributed by atoms with E-state index in [2.05, 4.69) is 26.2 Å². The first-order valence-electron chi connectivity index (χ1n) is 11.5. The van der Waals surface area contributed by atoms with Crippen molar-refractivity contribution in [2.75, 3.05) is 26.0 Å². The molecule has 3 aromatic rings. The number of carboxylic acids is 1. The van der Waals surface area contributed by atoms with Crippen molar-refractivity contribution in [1.29, 1.82) is 0 Å². The van der Waals surface area contributed by atoms with Gasteiger partial charge in [0.15, 0.2) is 0 Å². The minimum absolute atomic E-state index is 0.110. The highest BCUT2D eigenvalue weighted by Gasteiger charge is 2.20. The van der Waals surface area contributed by atoms with Crippen molar-refractivity contribution >= 4 is 41.1 Å². The van der Waals surface area contributed by atoms with Crippen molar-refractivity contribution in [3.05, 3.63) is 71.0 Å². The Balaban J connectivity index is 1.71. The molecule has 2 amide bonds. The zero-order valence-electron chi connectivity index (χ0n) is 20.5. The lowest BCUT2D eigenvalue weighted by molar-refractivity contribution is -0.124. The third-order valence-electron chi connectivity index (χ3n) is 5.38. The van der Waals surface area contributed by atoms with Gasteiger partial charge in [0.1, 0.15) is 12.4 Å². The molecule has 194 valence electrons. The van der Waals surface area contributed by atoms with Gasteiger partial charge in [0.2, 0.25) is 11.8 Å². The fraction of sp³-hybridized carbons (Fsp3) is 0.280. The monoisotopic (exact) mass is 525 g/mol. The molecule has 0 radical (unpaired) electrons. The van der Waals surface area contributed by atoms with Gasteiger partial charge in [0.05, 0.1) is 11.3 Å². The number of amides is 2. The summed E-state index contributed by atoms with van der Waals surface area (Å²) in [6.07, 6.45) is 6.33. The van der Waals surface area contributed by atoms with Crippen LogP contribution in [0.15, 0.2) is 54.9 Å². The van der Waals surface area contributed by atoms with Crippen LogP contribution in [0.1, 0.15) is 35.2 Å². The number of nitrogens with zero attached hydrogens (tertiary/aromatic N) is 5. The summed E-state index contributed by atoms with van der Waals surface area (Å²) in [6.45, 7) is 0.855. The third-order valence-corrected chi connectivity index (χ3v) is 5.62. The predicted molar refractivity (Wildman–Crippen MR) is 140 cm³/mol. The van der Waals surface area contributed by atoms with Gasteiger partial charge in [-0.05, 0) is 98.9 Å². The van der Waals surface area contributed by atoms with Crippen molar-refractivity contribution in [3.63, 3.8) is 0 Å². The van der Waals surface area contributed by atoms with E-state index < -0.39 is 23.8 Å². The number of carbonyl (C=O) groups is 3. The van der Waals surface area contributed by atoms with Crippen LogP contribution < -0.4 is 10.6 Å². The molecule has 37 heavy (non-hydrogen) atoms. The summed E-state index contributed by atoms with van der Waals surface area (Å²) in [5.41, 5.74) is 1.78. The van der Waals surface area contributed by atoms with Gasteiger partial charge in [-0.2, -0.15) is 4.68 Å². The normalized spacial score (nSPS) is 12.0. The average molecular weight is 526 g/mol. The highest BCUT2D eigenvalue weighted by atomic mass is 35.5. The highest BCUT2D eigenvalue weighted by Crippen LogP contribution is 2.20. The SMILES string of the molecule is CN(C)CCCC[C@H](NC(=O)/C=C/c1cc(Cl)ccc1-n1cnnn1)C(=O)Nc1ccc(C(=O)O)cc1. The number of rotatable bonds is 12. The molecule has 11 nitrogen and oxygen atoms in total. The number of nitrogens with one attached hydrogen (secondary N) is 2. The Kier molecular flexibility index (Phi) is 9.87. The lowest BCUT2D eigenvalue weighted by Crippen LogP contribution is -2.43. The van der Waals surface area contributed by atoms with E-state index in [1.54, 1.807) is 24.3 Å². The number of carbonyl (C=O) groups excluding carboxylic acids is 2. The van der Waals surface area contributed by atoms with Gasteiger partial charge < -0.3 is 20.6 Å². The maximum Gasteiger partial charge on any atom is 0.335 e. The number of aromatic carboxylic acids is 1. The number of benzene rings is 2. The molecule has 12 heteroatoms. The Morgan fingerprint density at radius 1 is 1.14 bits per heavy atom. The first kappa shape index (κ1) is 27.5. The molecule has 0 saturated carbocycles. The number of hydrogen-bond donors (Lipinski definition) is 3. The molecule has 1 aromatic heterocycles. The molecule has 1 atom stereocenters. The van der Waals surface area contributed by atoms with Crippen LogP contribution in [0.3, 0.4) is 0 Å². The standard InChI is InChI=1S/C25H28ClN7O4/c1-32(2)14-4-3-5-21(24(35)28-20-10-6-17(7-11-20)25(36)37)29-23(34)13-8-18-15-19(26)9-12-22(18)33-16-27-30-31-33/h6-13,15-16,21H,3-5,14H2,1-2H3,(H,28,35)(H,29,34)(H,36,37)/b13-8+/t21-/m0/s1. The van der Waals surface area contributed by atoms with E-state index in [0.29, 0.717) is 28.4 Å². The maximum atomic E-state index is 13.0. The number of unbranched alkanes of at least 4 members (excludes halogenated alkanes) is 1. The van der Waals surface area contributed by atoms with Crippen molar-refractivity contribution in [3.8, 4) is 5.69 Å². The minimum Gasteiger partial charge on any atom is -0.478 e. The van der Waals surface area contributed by atoms with E-state index in [4.69, 9.17) is 16.7 Å². The summed E-state index contributed by atoms with van der Waals surface area (Å²) >= 11 is 6.13. The topological polar surface area (TPSA) is 142 Å². The van der Waals surface area contributed by atoms with Gasteiger partial charge in [-0.15, -0.1) is 5.10 Å². The molecule has 0 saturated heterocycles. The van der Waals surface area contributed by atoms with Gasteiger partial charge in [-0.25, -0.2) is 4.79 Å². The summed E-state index contributed by atoms with van der Waals surface area (Å²) in [5.74, 6) is -1.91. The Labute approximate surface area is 219 Å². The van der Waals surface area contributed by atoms with E-state index in [1.165, 1.54) is 41.4 Å². The number of hydrogen-bond acceptors (Lipinski definition) is 7. The van der Waals surface area contributed by atoms with Crippen LogP contribution in [-0.2, 0) is 9.59 Å². The molecule has 2 aromatic carbocycles. The van der Waals surface area contributed by atoms with E-state index in [0.717, 1.165) is 19.4 Å². The molecule has 0 unspecified atom stereocenters. The second kappa shape index (κ2) is 13.3. The van der Waals surface area contributed by atoms with Crippen molar-refractivity contribution in [1.82, 2.24) is 30.4 Å². The lowest BCUT2D eigenvalue weighted by Gasteiger charge is -2.18. The number of tetrazole rings is 1. The van der Waals surface area contributed by atoms with Crippen LogP contribution in [0.25, 0.3) is 11.8 Å². The molecule has 3 rings (SSSR count). The van der Waals surface area contributed by atoms with Crippen LogP contribution in [0.2, 0.25) is 5.02 Å². The molecule has 3 N–H and O–H groups in total. The van der Waals surface area contributed by atoms with Gasteiger partial charge in [0.25, 0.3) is 0 Å². The molecule has 0 spiro atoms. The summed E-state index contributed by atoms with van der Waals surface area (Å²) in [7, 11) is 3.94.